The van der Waals surface area contributed by atoms with Crippen LogP contribution in [0.15, 0.2) is 36.4 Å². The van der Waals surface area contributed by atoms with Crippen molar-refractivity contribution in [2.75, 3.05) is 32.8 Å². The van der Waals surface area contributed by atoms with Gasteiger partial charge < -0.3 is 14.5 Å². The summed E-state index contributed by atoms with van der Waals surface area (Å²) < 4.78 is 19.8. The third kappa shape index (κ3) is 4.88. The number of carbonyl (C=O) groups is 2. The molecule has 2 amide bonds. The lowest BCUT2D eigenvalue weighted by Crippen LogP contribution is -2.39. The summed E-state index contributed by atoms with van der Waals surface area (Å²) in [5.74, 6) is -0.529. The highest BCUT2D eigenvalue weighted by Crippen LogP contribution is 2.22. The Morgan fingerprint density at radius 3 is 2.48 bits per heavy atom. The molecular formula is C22H24ClFN2O3. The minimum Gasteiger partial charge on any atom is -0.483 e. The molecule has 0 saturated carbocycles. The van der Waals surface area contributed by atoms with E-state index in [-0.39, 0.29) is 23.1 Å². The zero-order chi connectivity index (χ0) is 21.0. The van der Waals surface area contributed by atoms with E-state index in [1.165, 1.54) is 18.2 Å². The van der Waals surface area contributed by atoms with Gasteiger partial charge in [0.05, 0.1) is 10.6 Å². The number of ether oxygens (including phenoxy) is 1. The van der Waals surface area contributed by atoms with Gasteiger partial charge in [0.1, 0.15) is 11.6 Å². The second-order valence-corrected chi connectivity index (χ2v) is 7.52. The molecule has 2 aromatic carbocycles. The quantitative estimate of drug-likeness (QED) is 0.757. The molecule has 29 heavy (non-hydrogen) atoms. The Bertz CT molecular complexity index is 899. The summed E-state index contributed by atoms with van der Waals surface area (Å²) in [5, 5.41) is 0.0918. The number of halogens is 2. The van der Waals surface area contributed by atoms with Crippen LogP contribution < -0.4 is 4.74 Å². The van der Waals surface area contributed by atoms with E-state index in [0.717, 1.165) is 11.1 Å². The molecule has 1 aliphatic heterocycles. The molecule has 1 saturated heterocycles. The minimum atomic E-state index is -0.637. The van der Waals surface area contributed by atoms with Crippen LogP contribution in [-0.4, -0.2) is 54.4 Å². The Labute approximate surface area is 175 Å². The number of carbonyl (C=O) groups excluding carboxylic acids is 2. The maximum Gasteiger partial charge on any atom is 0.260 e. The van der Waals surface area contributed by atoms with Gasteiger partial charge in [-0.15, -0.1) is 0 Å². The molecule has 3 rings (SSSR count). The van der Waals surface area contributed by atoms with E-state index in [0.29, 0.717) is 38.3 Å². The summed E-state index contributed by atoms with van der Waals surface area (Å²) in [6, 6.07) is 9.91. The standard InChI is InChI=1S/C22H24ClFN2O3/c1-15-6-3-9-19(16(15)2)29-14-20(27)25-10-5-11-26(13-12-25)22(28)21-17(23)7-4-8-18(21)24/h3-4,6-9H,5,10-14H2,1-2H3. The Morgan fingerprint density at radius 2 is 1.72 bits per heavy atom. The average molecular weight is 419 g/mol. The second kappa shape index (κ2) is 9.27. The fraction of sp³-hybridized carbons (Fsp3) is 0.364. The Hall–Kier alpha value is -2.60. The van der Waals surface area contributed by atoms with Crippen molar-refractivity contribution >= 4 is 23.4 Å². The lowest BCUT2D eigenvalue weighted by Gasteiger charge is -2.23. The minimum absolute atomic E-state index is 0.0582. The van der Waals surface area contributed by atoms with Gasteiger partial charge in [-0.1, -0.05) is 29.8 Å². The van der Waals surface area contributed by atoms with E-state index in [4.69, 9.17) is 16.3 Å². The van der Waals surface area contributed by atoms with Gasteiger partial charge in [0.2, 0.25) is 0 Å². The molecule has 154 valence electrons. The molecule has 0 aromatic heterocycles. The zero-order valence-corrected chi connectivity index (χ0v) is 17.3. The molecule has 1 fully saturated rings. The molecule has 1 heterocycles. The number of hydrogen-bond acceptors (Lipinski definition) is 3. The van der Waals surface area contributed by atoms with Crippen LogP contribution in [0.4, 0.5) is 4.39 Å². The van der Waals surface area contributed by atoms with Crippen LogP contribution in [-0.2, 0) is 4.79 Å². The first-order valence-corrected chi connectivity index (χ1v) is 9.96. The first kappa shape index (κ1) is 21.1. The smallest absolute Gasteiger partial charge is 0.260 e. The molecule has 0 bridgehead atoms. The highest BCUT2D eigenvalue weighted by molar-refractivity contribution is 6.33. The van der Waals surface area contributed by atoms with Gasteiger partial charge in [0, 0.05) is 26.2 Å². The largest absolute Gasteiger partial charge is 0.483 e. The SMILES string of the molecule is Cc1cccc(OCC(=O)N2CCCN(C(=O)c3c(F)cccc3Cl)CC2)c1C. The Balaban J connectivity index is 1.60. The van der Waals surface area contributed by atoms with Crippen molar-refractivity contribution in [3.63, 3.8) is 0 Å². The van der Waals surface area contributed by atoms with Crippen molar-refractivity contribution in [3.05, 3.63) is 63.9 Å². The molecule has 5 nitrogen and oxygen atoms in total. The molecule has 0 unspecified atom stereocenters. The van der Waals surface area contributed by atoms with E-state index < -0.39 is 11.7 Å². The fourth-order valence-corrected chi connectivity index (χ4v) is 3.59. The maximum atomic E-state index is 14.1. The van der Waals surface area contributed by atoms with Crippen molar-refractivity contribution in [2.24, 2.45) is 0 Å². The topological polar surface area (TPSA) is 49.9 Å². The Kier molecular flexibility index (Phi) is 6.75. The summed E-state index contributed by atoms with van der Waals surface area (Å²) in [5.41, 5.74) is 1.99. The highest BCUT2D eigenvalue weighted by Gasteiger charge is 2.26. The van der Waals surface area contributed by atoms with Crippen molar-refractivity contribution in [3.8, 4) is 5.75 Å². The normalized spacial score (nSPS) is 14.5. The zero-order valence-electron chi connectivity index (χ0n) is 16.6. The second-order valence-electron chi connectivity index (χ2n) is 7.11. The summed E-state index contributed by atoms with van der Waals surface area (Å²) in [6.07, 6.45) is 0.604. The van der Waals surface area contributed by atoms with E-state index >= 15 is 0 Å². The number of aryl methyl sites for hydroxylation is 1. The summed E-state index contributed by atoms with van der Waals surface area (Å²) in [4.78, 5) is 28.5. The fourth-order valence-electron chi connectivity index (χ4n) is 3.34. The first-order valence-electron chi connectivity index (χ1n) is 9.58. The number of nitrogens with zero attached hydrogens (tertiary/aromatic N) is 2. The number of hydrogen-bond donors (Lipinski definition) is 0. The maximum absolute atomic E-state index is 14.1. The molecule has 1 aliphatic rings. The van der Waals surface area contributed by atoms with Gasteiger partial charge in [0.25, 0.3) is 11.8 Å². The monoisotopic (exact) mass is 418 g/mol. The lowest BCUT2D eigenvalue weighted by molar-refractivity contribution is -0.133. The van der Waals surface area contributed by atoms with E-state index in [1.54, 1.807) is 9.80 Å². The molecule has 7 heteroatoms. The molecule has 2 aromatic rings. The van der Waals surface area contributed by atoms with Gasteiger partial charge >= 0.3 is 0 Å². The van der Waals surface area contributed by atoms with E-state index in [2.05, 4.69) is 0 Å². The number of rotatable bonds is 4. The third-order valence-electron chi connectivity index (χ3n) is 5.22. The van der Waals surface area contributed by atoms with Gasteiger partial charge in [-0.25, -0.2) is 4.39 Å². The van der Waals surface area contributed by atoms with Crippen LogP contribution in [0.25, 0.3) is 0 Å². The van der Waals surface area contributed by atoms with Gasteiger partial charge in [-0.3, -0.25) is 9.59 Å². The molecule has 0 radical (unpaired) electrons. The van der Waals surface area contributed by atoms with E-state index in [9.17, 15) is 14.0 Å². The first-order chi connectivity index (χ1) is 13.9. The van der Waals surface area contributed by atoms with Crippen molar-refractivity contribution in [2.45, 2.75) is 20.3 Å². The molecule has 0 atom stereocenters. The number of benzene rings is 2. The van der Waals surface area contributed by atoms with Crippen LogP contribution in [0.2, 0.25) is 5.02 Å². The molecular weight excluding hydrogens is 395 g/mol. The van der Waals surface area contributed by atoms with Gasteiger partial charge in [0.15, 0.2) is 6.61 Å². The van der Waals surface area contributed by atoms with Crippen LogP contribution in [0.3, 0.4) is 0 Å². The van der Waals surface area contributed by atoms with Gasteiger partial charge in [-0.2, -0.15) is 0 Å². The van der Waals surface area contributed by atoms with Crippen LogP contribution in [0, 0.1) is 19.7 Å². The third-order valence-corrected chi connectivity index (χ3v) is 5.53. The van der Waals surface area contributed by atoms with Crippen LogP contribution in [0.1, 0.15) is 27.9 Å². The molecule has 0 N–H and O–H groups in total. The van der Waals surface area contributed by atoms with Crippen molar-refractivity contribution in [1.82, 2.24) is 9.80 Å². The number of amides is 2. The van der Waals surface area contributed by atoms with E-state index in [1.807, 2.05) is 32.0 Å². The summed E-state index contributed by atoms with van der Waals surface area (Å²) >= 11 is 6.02. The van der Waals surface area contributed by atoms with Crippen molar-refractivity contribution in [1.29, 1.82) is 0 Å². The van der Waals surface area contributed by atoms with Gasteiger partial charge in [-0.05, 0) is 49.6 Å². The highest BCUT2D eigenvalue weighted by atomic mass is 35.5. The van der Waals surface area contributed by atoms with Crippen LogP contribution in [0.5, 0.6) is 5.75 Å². The predicted octanol–water partition coefficient (Wildman–Crippen LogP) is 3.85. The average Bonchev–Trinajstić information content (AvgIpc) is 2.95. The molecule has 0 spiro atoms. The Morgan fingerprint density at radius 1 is 1.03 bits per heavy atom. The molecule has 0 aliphatic carbocycles. The van der Waals surface area contributed by atoms with Crippen LogP contribution >= 0.6 is 11.6 Å². The van der Waals surface area contributed by atoms with Crippen molar-refractivity contribution < 1.29 is 18.7 Å². The predicted molar refractivity (Wildman–Crippen MR) is 110 cm³/mol. The summed E-state index contributed by atoms with van der Waals surface area (Å²) in [6.45, 7) is 5.53. The summed E-state index contributed by atoms with van der Waals surface area (Å²) in [7, 11) is 0. The lowest BCUT2D eigenvalue weighted by atomic mass is 10.1.